The lowest BCUT2D eigenvalue weighted by molar-refractivity contribution is -0.126. The third-order valence-corrected chi connectivity index (χ3v) is 2.84. The summed E-state index contributed by atoms with van der Waals surface area (Å²) in [4.78, 5) is 22.9. The van der Waals surface area contributed by atoms with Gasteiger partial charge in [-0.1, -0.05) is 29.8 Å². The van der Waals surface area contributed by atoms with Crippen LogP contribution in [0.4, 0.5) is 0 Å². The number of nitrogens with one attached hydrogen (secondary N) is 2. The number of halogens is 1. The molecule has 5 heteroatoms. The van der Waals surface area contributed by atoms with E-state index in [2.05, 4.69) is 10.6 Å². The van der Waals surface area contributed by atoms with Crippen LogP contribution in [0.1, 0.15) is 25.8 Å². The Bertz CT molecular complexity index is 447. The first-order valence-corrected chi connectivity index (χ1v) is 6.66. The molecule has 0 bridgehead atoms. The van der Waals surface area contributed by atoms with E-state index in [1.165, 1.54) is 0 Å². The summed E-state index contributed by atoms with van der Waals surface area (Å²) in [6.07, 6.45) is 0.885. The van der Waals surface area contributed by atoms with Crippen LogP contribution in [0.15, 0.2) is 24.3 Å². The summed E-state index contributed by atoms with van der Waals surface area (Å²) in [6, 6.07) is 7.50. The number of hydrogen-bond donors (Lipinski definition) is 2. The zero-order valence-electron chi connectivity index (χ0n) is 11.2. The van der Waals surface area contributed by atoms with Crippen molar-refractivity contribution in [2.75, 3.05) is 6.54 Å². The monoisotopic (exact) mass is 282 g/mol. The van der Waals surface area contributed by atoms with Crippen LogP contribution in [-0.2, 0) is 16.0 Å². The van der Waals surface area contributed by atoms with Crippen molar-refractivity contribution in [3.63, 3.8) is 0 Å². The van der Waals surface area contributed by atoms with Gasteiger partial charge in [0.15, 0.2) is 0 Å². The summed E-state index contributed by atoms with van der Waals surface area (Å²) in [5.41, 5.74) is 0.936. The van der Waals surface area contributed by atoms with Crippen LogP contribution in [0.5, 0.6) is 0 Å². The molecule has 0 aliphatic carbocycles. The fraction of sp³-hybridized carbons (Fsp3) is 0.429. The van der Waals surface area contributed by atoms with Gasteiger partial charge < -0.3 is 10.6 Å². The van der Waals surface area contributed by atoms with E-state index in [-0.39, 0.29) is 24.4 Å². The second-order valence-electron chi connectivity index (χ2n) is 4.59. The van der Waals surface area contributed by atoms with Gasteiger partial charge in [-0.25, -0.2) is 0 Å². The van der Waals surface area contributed by atoms with Crippen LogP contribution >= 0.6 is 11.6 Å². The van der Waals surface area contributed by atoms with Crippen LogP contribution in [0.2, 0.25) is 5.02 Å². The second-order valence-corrected chi connectivity index (χ2v) is 5.00. The van der Waals surface area contributed by atoms with Gasteiger partial charge in [-0.2, -0.15) is 0 Å². The molecular formula is C14H19ClN2O2. The molecule has 0 aromatic heterocycles. The molecule has 19 heavy (non-hydrogen) atoms. The van der Waals surface area contributed by atoms with Gasteiger partial charge in [-0.05, 0) is 31.9 Å². The molecule has 1 aromatic carbocycles. The Hall–Kier alpha value is -1.55. The highest BCUT2D eigenvalue weighted by atomic mass is 35.5. The van der Waals surface area contributed by atoms with Crippen LogP contribution in [0, 0.1) is 0 Å². The minimum atomic E-state index is -0.180. The zero-order chi connectivity index (χ0) is 14.3. The minimum absolute atomic E-state index is 0.0134. The third kappa shape index (κ3) is 6.25. The van der Waals surface area contributed by atoms with Gasteiger partial charge in [0, 0.05) is 17.5 Å². The van der Waals surface area contributed by atoms with Crippen molar-refractivity contribution in [1.29, 1.82) is 0 Å². The highest BCUT2D eigenvalue weighted by molar-refractivity contribution is 6.31. The molecule has 0 radical (unpaired) electrons. The molecule has 1 rings (SSSR count). The maximum atomic E-state index is 11.6. The molecule has 0 fully saturated rings. The molecule has 2 amide bonds. The predicted molar refractivity (Wildman–Crippen MR) is 76.1 cm³/mol. The summed E-state index contributed by atoms with van der Waals surface area (Å²) in [6.45, 7) is 3.76. The number of carbonyl (C=O) groups excluding carboxylic acids is 2. The van der Waals surface area contributed by atoms with E-state index in [4.69, 9.17) is 11.6 Å². The molecule has 0 aliphatic rings. The third-order valence-electron chi connectivity index (χ3n) is 2.48. The topological polar surface area (TPSA) is 58.2 Å². The van der Waals surface area contributed by atoms with Gasteiger partial charge in [-0.3, -0.25) is 9.59 Å². The first kappa shape index (κ1) is 15.5. The van der Waals surface area contributed by atoms with Gasteiger partial charge in [-0.15, -0.1) is 0 Å². The molecule has 0 saturated carbocycles. The molecule has 0 atom stereocenters. The van der Waals surface area contributed by atoms with Crippen molar-refractivity contribution in [2.24, 2.45) is 0 Å². The highest BCUT2D eigenvalue weighted by Gasteiger charge is 2.07. The second kappa shape index (κ2) is 7.79. The quantitative estimate of drug-likeness (QED) is 0.837. The summed E-state index contributed by atoms with van der Waals surface area (Å²) in [5, 5.41) is 5.95. The lowest BCUT2D eigenvalue weighted by Gasteiger charge is -2.09. The summed E-state index contributed by atoms with van der Waals surface area (Å²) in [7, 11) is 0. The van der Waals surface area contributed by atoms with Crippen molar-refractivity contribution >= 4 is 23.4 Å². The molecule has 2 N–H and O–H groups in total. The minimum Gasteiger partial charge on any atom is -0.352 e. The lowest BCUT2D eigenvalue weighted by atomic mass is 10.1. The number of rotatable bonds is 6. The Morgan fingerprint density at radius 2 is 1.89 bits per heavy atom. The average Bonchev–Trinajstić information content (AvgIpc) is 2.34. The highest BCUT2D eigenvalue weighted by Crippen LogP contribution is 2.16. The molecule has 0 saturated heterocycles. The molecule has 0 unspecified atom stereocenters. The summed E-state index contributed by atoms with van der Waals surface area (Å²) in [5.74, 6) is -0.333. The standard InChI is InChI=1S/C14H19ClN2O2/c1-10(2)17-14(19)9-16-13(18)8-7-11-5-3-4-6-12(11)15/h3-6,10H,7-9H2,1-2H3,(H,16,18)(H,17,19). The van der Waals surface area contributed by atoms with E-state index in [0.29, 0.717) is 17.9 Å². The van der Waals surface area contributed by atoms with E-state index >= 15 is 0 Å². The summed E-state index contributed by atoms with van der Waals surface area (Å²) < 4.78 is 0. The van der Waals surface area contributed by atoms with Gasteiger partial charge in [0.05, 0.1) is 6.54 Å². The average molecular weight is 283 g/mol. The van der Waals surface area contributed by atoms with Crippen LogP contribution < -0.4 is 10.6 Å². The van der Waals surface area contributed by atoms with Crippen molar-refractivity contribution in [1.82, 2.24) is 10.6 Å². The van der Waals surface area contributed by atoms with Crippen molar-refractivity contribution in [2.45, 2.75) is 32.7 Å². The van der Waals surface area contributed by atoms with Crippen molar-refractivity contribution in [3.05, 3.63) is 34.9 Å². The predicted octanol–water partition coefficient (Wildman–Crippen LogP) is 1.91. The van der Waals surface area contributed by atoms with Crippen molar-refractivity contribution in [3.8, 4) is 0 Å². The van der Waals surface area contributed by atoms with E-state index in [1.807, 2.05) is 32.0 Å². The van der Waals surface area contributed by atoms with Gasteiger partial charge >= 0.3 is 0 Å². The maximum Gasteiger partial charge on any atom is 0.239 e. The fourth-order valence-corrected chi connectivity index (χ4v) is 1.82. The molecule has 0 aliphatic heterocycles. The zero-order valence-corrected chi connectivity index (χ0v) is 12.0. The molecule has 1 aromatic rings. The Morgan fingerprint density at radius 1 is 1.21 bits per heavy atom. The fourth-order valence-electron chi connectivity index (χ4n) is 1.59. The van der Waals surface area contributed by atoms with E-state index in [1.54, 1.807) is 6.07 Å². The first-order valence-electron chi connectivity index (χ1n) is 6.28. The molecular weight excluding hydrogens is 264 g/mol. The number of hydrogen-bond acceptors (Lipinski definition) is 2. The van der Waals surface area contributed by atoms with E-state index in [9.17, 15) is 9.59 Å². The largest absolute Gasteiger partial charge is 0.352 e. The number of carbonyl (C=O) groups is 2. The molecule has 0 heterocycles. The van der Waals surface area contributed by atoms with Gasteiger partial charge in [0.25, 0.3) is 0 Å². The first-order chi connectivity index (χ1) is 8.99. The summed E-state index contributed by atoms with van der Waals surface area (Å²) >= 11 is 6.00. The van der Waals surface area contributed by atoms with Crippen LogP contribution in [0.25, 0.3) is 0 Å². The molecule has 104 valence electrons. The maximum absolute atomic E-state index is 11.6. The normalized spacial score (nSPS) is 10.3. The number of benzene rings is 1. The Labute approximate surface area is 118 Å². The van der Waals surface area contributed by atoms with Gasteiger partial charge in [0.1, 0.15) is 0 Å². The van der Waals surface area contributed by atoms with Gasteiger partial charge in [0.2, 0.25) is 11.8 Å². The lowest BCUT2D eigenvalue weighted by Crippen LogP contribution is -2.39. The van der Waals surface area contributed by atoms with E-state index < -0.39 is 0 Å². The van der Waals surface area contributed by atoms with Crippen LogP contribution in [-0.4, -0.2) is 24.4 Å². The van der Waals surface area contributed by atoms with E-state index in [0.717, 1.165) is 5.56 Å². The van der Waals surface area contributed by atoms with Crippen LogP contribution in [0.3, 0.4) is 0 Å². The Balaban J connectivity index is 2.29. The number of amides is 2. The Kier molecular flexibility index (Phi) is 6.36. The molecule has 4 nitrogen and oxygen atoms in total. The Morgan fingerprint density at radius 3 is 2.53 bits per heavy atom. The number of aryl methyl sites for hydroxylation is 1. The molecule has 0 spiro atoms. The smallest absolute Gasteiger partial charge is 0.239 e. The SMILES string of the molecule is CC(C)NC(=O)CNC(=O)CCc1ccccc1Cl. The van der Waals surface area contributed by atoms with Crippen molar-refractivity contribution < 1.29 is 9.59 Å².